The normalized spacial score (nSPS) is 17.5. The van der Waals surface area contributed by atoms with Gasteiger partial charge in [-0.2, -0.15) is 0 Å². The minimum atomic E-state index is -0.235. The van der Waals surface area contributed by atoms with Crippen LogP contribution in [0.15, 0.2) is 47.0 Å². The van der Waals surface area contributed by atoms with Crippen molar-refractivity contribution < 1.29 is 4.39 Å². The number of aromatic nitrogens is 2. The maximum Gasteiger partial charge on any atom is 0.137 e. The summed E-state index contributed by atoms with van der Waals surface area (Å²) in [6.45, 7) is 4.67. The Morgan fingerprint density at radius 3 is 2.58 bits per heavy atom. The Labute approximate surface area is 152 Å². The number of amidine groups is 1. The quantitative estimate of drug-likeness (QED) is 0.845. The number of nitrogens with one attached hydrogen (secondary N) is 2. The third kappa shape index (κ3) is 3.90. The number of hydrogen-bond donors (Lipinski definition) is 2. The van der Waals surface area contributed by atoms with Crippen molar-refractivity contribution in [2.75, 3.05) is 17.2 Å². The van der Waals surface area contributed by atoms with Crippen molar-refractivity contribution in [2.24, 2.45) is 10.9 Å². The van der Waals surface area contributed by atoms with Crippen molar-refractivity contribution in [3.63, 3.8) is 0 Å². The number of rotatable bonds is 5. The molecule has 2 aromatic rings. The molecule has 1 saturated carbocycles. The van der Waals surface area contributed by atoms with Gasteiger partial charge in [-0.05, 0) is 62.0 Å². The van der Waals surface area contributed by atoms with Gasteiger partial charge >= 0.3 is 0 Å². The summed E-state index contributed by atoms with van der Waals surface area (Å²) >= 11 is 0. The first-order valence-electron chi connectivity index (χ1n) is 8.96. The van der Waals surface area contributed by atoms with E-state index in [2.05, 4.69) is 31.7 Å². The van der Waals surface area contributed by atoms with Crippen LogP contribution in [0.4, 0.5) is 16.0 Å². The van der Waals surface area contributed by atoms with Gasteiger partial charge < -0.3 is 10.6 Å². The first-order valence-corrected chi connectivity index (χ1v) is 8.96. The molecule has 0 radical (unpaired) electrons. The minimum absolute atomic E-state index is 0.00272. The fraction of sp³-hybridized carbons (Fsp3) is 0.350. The number of benzene rings is 1. The molecule has 6 heteroatoms. The molecule has 2 N–H and O–H groups in total. The highest BCUT2D eigenvalue weighted by Crippen LogP contribution is 2.37. The van der Waals surface area contributed by atoms with Gasteiger partial charge in [0.15, 0.2) is 0 Å². The average molecular weight is 351 g/mol. The number of aryl methyl sites for hydroxylation is 1. The molecule has 26 heavy (non-hydrogen) atoms. The topological polar surface area (TPSA) is 62.2 Å². The van der Waals surface area contributed by atoms with Crippen LogP contribution in [0.25, 0.3) is 0 Å². The van der Waals surface area contributed by atoms with Gasteiger partial charge in [0, 0.05) is 12.1 Å². The molecule has 0 spiro atoms. The molecular weight excluding hydrogens is 329 g/mol. The summed E-state index contributed by atoms with van der Waals surface area (Å²) in [5.41, 5.74) is 2.41. The Bertz CT molecular complexity index is 868. The molecule has 1 aromatic carbocycles. The lowest BCUT2D eigenvalue weighted by molar-refractivity contribution is 0.626. The van der Waals surface area contributed by atoms with Gasteiger partial charge in [-0.15, -0.1) is 0 Å². The lowest BCUT2D eigenvalue weighted by Gasteiger charge is -2.16. The van der Waals surface area contributed by atoms with Crippen LogP contribution >= 0.6 is 0 Å². The Morgan fingerprint density at radius 1 is 1.12 bits per heavy atom. The smallest absolute Gasteiger partial charge is 0.137 e. The largest absolute Gasteiger partial charge is 0.363 e. The van der Waals surface area contributed by atoms with Gasteiger partial charge in [0.1, 0.15) is 29.1 Å². The van der Waals surface area contributed by atoms with Gasteiger partial charge in [-0.25, -0.2) is 14.4 Å². The fourth-order valence-corrected chi connectivity index (χ4v) is 3.11. The van der Waals surface area contributed by atoms with E-state index in [9.17, 15) is 4.39 Å². The number of hydrogen-bond acceptors (Lipinski definition) is 5. The first-order chi connectivity index (χ1) is 12.6. The third-order valence-electron chi connectivity index (χ3n) is 4.68. The van der Waals surface area contributed by atoms with E-state index in [0.717, 1.165) is 35.5 Å². The van der Waals surface area contributed by atoms with E-state index in [1.54, 1.807) is 12.1 Å². The zero-order chi connectivity index (χ0) is 18.1. The Kier molecular flexibility index (Phi) is 4.41. The molecule has 2 aliphatic rings. The zero-order valence-electron chi connectivity index (χ0n) is 15.0. The molecule has 1 aliphatic heterocycles. The summed E-state index contributed by atoms with van der Waals surface area (Å²) in [6.07, 6.45) is 4.72. The summed E-state index contributed by atoms with van der Waals surface area (Å²) in [6, 6.07) is 8.36. The van der Waals surface area contributed by atoms with Gasteiger partial charge in [0.05, 0.1) is 6.54 Å². The van der Waals surface area contributed by atoms with Crippen molar-refractivity contribution in [1.29, 1.82) is 0 Å². The van der Waals surface area contributed by atoms with Crippen molar-refractivity contribution >= 4 is 17.5 Å². The molecule has 0 unspecified atom stereocenters. The highest BCUT2D eigenvalue weighted by atomic mass is 19.1. The standard InChI is InChI=1S/C20H22FN5/c1-12(14-5-7-17(21)8-6-14)23-19-10-20(25-13(2)24-19)26-18-9-16(11-22-18)15-3-4-15/h5-10,12,15H,3-4,11H2,1-2H3,(H2,22,23,24,25,26)/t12-/m0/s1. The van der Waals surface area contributed by atoms with Crippen LogP contribution in [0.2, 0.25) is 0 Å². The fourth-order valence-electron chi connectivity index (χ4n) is 3.11. The highest BCUT2D eigenvalue weighted by Gasteiger charge is 2.27. The van der Waals surface area contributed by atoms with Crippen molar-refractivity contribution in [1.82, 2.24) is 9.97 Å². The molecule has 5 nitrogen and oxygen atoms in total. The van der Waals surface area contributed by atoms with Crippen LogP contribution in [0.3, 0.4) is 0 Å². The summed E-state index contributed by atoms with van der Waals surface area (Å²) < 4.78 is 13.1. The third-order valence-corrected chi connectivity index (χ3v) is 4.68. The second-order valence-electron chi connectivity index (χ2n) is 6.92. The minimum Gasteiger partial charge on any atom is -0.363 e. The van der Waals surface area contributed by atoms with E-state index in [0.29, 0.717) is 5.82 Å². The predicted octanol–water partition coefficient (Wildman–Crippen LogP) is 4.26. The van der Waals surface area contributed by atoms with Crippen molar-refractivity contribution in [3.8, 4) is 0 Å². The molecule has 134 valence electrons. The van der Waals surface area contributed by atoms with E-state index < -0.39 is 0 Å². The summed E-state index contributed by atoms with van der Waals surface area (Å²) in [4.78, 5) is 13.5. The first kappa shape index (κ1) is 16.7. The summed E-state index contributed by atoms with van der Waals surface area (Å²) in [5, 5.41) is 6.64. The number of halogens is 1. The molecule has 0 amide bonds. The lowest BCUT2D eigenvalue weighted by Crippen LogP contribution is -2.12. The van der Waals surface area contributed by atoms with Gasteiger partial charge in [0.25, 0.3) is 0 Å². The van der Waals surface area contributed by atoms with Crippen molar-refractivity contribution in [2.45, 2.75) is 32.7 Å². The van der Waals surface area contributed by atoms with Crippen LogP contribution in [-0.4, -0.2) is 22.3 Å². The Morgan fingerprint density at radius 2 is 1.85 bits per heavy atom. The molecule has 1 atom stereocenters. The number of anilines is 2. The van der Waals surface area contributed by atoms with E-state index in [1.807, 2.05) is 19.9 Å². The monoisotopic (exact) mass is 351 g/mol. The molecule has 1 fully saturated rings. The summed E-state index contributed by atoms with van der Waals surface area (Å²) in [7, 11) is 0. The highest BCUT2D eigenvalue weighted by molar-refractivity contribution is 6.05. The molecule has 0 bridgehead atoms. The molecule has 1 aliphatic carbocycles. The number of nitrogens with zero attached hydrogens (tertiary/aromatic N) is 3. The van der Waals surface area contributed by atoms with Gasteiger partial charge in [0.2, 0.25) is 0 Å². The van der Waals surface area contributed by atoms with Crippen LogP contribution in [0.1, 0.15) is 37.2 Å². The maximum absolute atomic E-state index is 13.1. The van der Waals surface area contributed by atoms with E-state index >= 15 is 0 Å². The molecule has 1 aromatic heterocycles. The Hall–Kier alpha value is -2.76. The van der Waals surface area contributed by atoms with Crippen LogP contribution in [0.5, 0.6) is 0 Å². The Balaban J connectivity index is 1.46. The molecule has 4 rings (SSSR count). The molecule has 2 heterocycles. The van der Waals surface area contributed by atoms with E-state index in [1.165, 1.54) is 30.5 Å². The van der Waals surface area contributed by atoms with Crippen LogP contribution < -0.4 is 10.6 Å². The second kappa shape index (κ2) is 6.86. The van der Waals surface area contributed by atoms with E-state index in [4.69, 9.17) is 0 Å². The molecular formula is C20H22FN5. The molecule has 0 saturated heterocycles. The SMILES string of the molecule is Cc1nc(NC2=NCC(C3CC3)=C2)cc(N[C@@H](C)c2ccc(F)cc2)n1. The van der Waals surface area contributed by atoms with Gasteiger partial charge in [-0.1, -0.05) is 12.1 Å². The van der Waals surface area contributed by atoms with Crippen molar-refractivity contribution in [3.05, 3.63) is 59.2 Å². The zero-order valence-corrected chi connectivity index (χ0v) is 15.0. The average Bonchev–Trinajstić information content (AvgIpc) is 3.35. The second-order valence-corrected chi connectivity index (χ2v) is 6.92. The lowest BCUT2D eigenvalue weighted by atomic mass is 10.1. The maximum atomic E-state index is 13.1. The van der Waals surface area contributed by atoms with Gasteiger partial charge in [-0.3, -0.25) is 4.99 Å². The summed E-state index contributed by atoms with van der Waals surface area (Å²) in [5.74, 6) is 3.48. The predicted molar refractivity (Wildman–Crippen MR) is 102 cm³/mol. The van der Waals surface area contributed by atoms with E-state index in [-0.39, 0.29) is 11.9 Å². The number of aliphatic imine (C=N–C) groups is 1. The van der Waals surface area contributed by atoms with Crippen LogP contribution in [0, 0.1) is 18.7 Å². The van der Waals surface area contributed by atoms with Crippen LogP contribution in [-0.2, 0) is 0 Å².